The number of ketones is 1. The van der Waals surface area contributed by atoms with Gasteiger partial charge in [-0.25, -0.2) is 9.18 Å². The number of benzene rings is 3. The highest BCUT2D eigenvalue weighted by atomic mass is 31.0. The smallest absolute Gasteiger partial charge is 0.411 e. The second kappa shape index (κ2) is 11.6. The van der Waals surface area contributed by atoms with Crippen molar-refractivity contribution < 1.29 is 28.0 Å². The highest BCUT2D eigenvalue weighted by Gasteiger charge is 2.53. The molecule has 0 aliphatic carbocycles. The summed E-state index contributed by atoms with van der Waals surface area (Å²) in [7, 11) is 2.16. The first-order valence-corrected chi connectivity index (χ1v) is 12.2. The molecule has 8 heteroatoms. The minimum Gasteiger partial charge on any atom is -0.489 e. The summed E-state index contributed by atoms with van der Waals surface area (Å²) in [6, 6.07) is 22.8. The van der Waals surface area contributed by atoms with Gasteiger partial charge in [-0.3, -0.25) is 9.69 Å². The van der Waals surface area contributed by atoms with Crippen molar-refractivity contribution in [3.05, 3.63) is 101 Å². The van der Waals surface area contributed by atoms with E-state index in [9.17, 15) is 14.0 Å². The van der Waals surface area contributed by atoms with Crippen LogP contribution in [-0.4, -0.2) is 28.9 Å². The summed E-state index contributed by atoms with van der Waals surface area (Å²) in [5.74, 6) is 0.0971. The minimum atomic E-state index is -1.12. The van der Waals surface area contributed by atoms with Gasteiger partial charge in [-0.1, -0.05) is 60.7 Å². The fourth-order valence-corrected chi connectivity index (χ4v) is 4.90. The molecule has 3 aromatic rings. The number of hydrogen-bond acceptors (Lipinski definition) is 5. The number of nitrogens with zero attached hydrogens (tertiary/aromatic N) is 1. The minimum absolute atomic E-state index is 0.0494. The molecule has 0 radical (unpaired) electrons. The van der Waals surface area contributed by atoms with Crippen LogP contribution in [0.1, 0.15) is 42.5 Å². The van der Waals surface area contributed by atoms with Crippen molar-refractivity contribution in [2.24, 2.45) is 0 Å². The predicted molar refractivity (Wildman–Crippen MR) is 137 cm³/mol. The summed E-state index contributed by atoms with van der Waals surface area (Å²) in [4.78, 5) is 27.7. The Labute approximate surface area is 212 Å². The molecule has 3 atom stereocenters. The topological polar surface area (TPSA) is 65.1 Å². The number of Topliss-reactive ketones (excluding diaryl/α,β-unsaturated/α-hetero) is 1. The largest absolute Gasteiger partial charge is 0.489 e. The van der Waals surface area contributed by atoms with Crippen LogP contribution >= 0.6 is 9.47 Å². The Hall–Kier alpha value is -3.28. The van der Waals surface area contributed by atoms with E-state index in [4.69, 9.17) is 14.0 Å². The maximum absolute atomic E-state index is 13.9. The zero-order valence-corrected chi connectivity index (χ0v) is 21.2. The van der Waals surface area contributed by atoms with Crippen LogP contribution in [0.5, 0.6) is 5.75 Å². The molecule has 1 unspecified atom stereocenters. The number of amides is 1. The van der Waals surface area contributed by atoms with Gasteiger partial charge in [-0.2, -0.15) is 0 Å². The number of likely N-dealkylation sites (tertiary alicyclic amines) is 1. The normalized spacial score (nSPS) is 19.2. The summed E-state index contributed by atoms with van der Waals surface area (Å²) >= 11 is 0. The highest BCUT2D eigenvalue weighted by molar-refractivity contribution is 7.09. The monoisotopic (exact) mass is 509 g/mol. The van der Waals surface area contributed by atoms with Crippen molar-refractivity contribution in [2.75, 3.05) is 6.61 Å². The number of halogens is 1. The summed E-state index contributed by atoms with van der Waals surface area (Å²) in [6.07, 6.45) is 0.454. The fraction of sp³-hybridized carbons (Fsp3) is 0.286. The van der Waals surface area contributed by atoms with Crippen molar-refractivity contribution in [3.8, 4) is 5.75 Å². The first-order valence-electron chi connectivity index (χ1n) is 11.7. The molecular formula is C28H29FNO5P. The number of carbonyl (C=O) groups excluding carboxylic acids is 2. The van der Waals surface area contributed by atoms with Crippen LogP contribution in [-0.2, 0) is 27.3 Å². The zero-order valence-electron chi connectivity index (χ0n) is 20.1. The Morgan fingerprint density at radius 3 is 2.36 bits per heavy atom. The molecule has 0 saturated carbocycles. The lowest BCUT2D eigenvalue weighted by atomic mass is 9.93. The maximum atomic E-state index is 13.9. The van der Waals surface area contributed by atoms with Gasteiger partial charge in [0.2, 0.25) is 0 Å². The van der Waals surface area contributed by atoms with Gasteiger partial charge in [0, 0.05) is 15.0 Å². The second-order valence-corrected chi connectivity index (χ2v) is 9.15. The molecule has 0 N–H and O–H groups in total. The number of hydrogen-bond donors (Lipinski definition) is 0. The van der Waals surface area contributed by atoms with E-state index in [0.717, 1.165) is 11.1 Å². The van der Waals surface area contributed by atoms with Crippen LogP contribution in [0.4, 0.5) is 9.18 Å². The quantitative estimate of drug-likeness (QED) is 0.331. The molecule has 1 aliphatic rings. The lowest BCUT2D eigenvalue weighted by Gasteiger charge is -2.38. The zero-order chi connectivity index (χ0) is 25.5. The third-order valence-corrected chi connectivity index (χ3v) is 6.77. The summed E-state index contributed by atoms with van der Waals surface area (Å²) in [6.45, 7) is 1.73. The van der Waals surface area contributed by atoms with Crippen LogP contribution in [0.3, 0.4) is 0 Å². The van der Waals surface area contributed by atoms with E-state index in [1.54, 1.807) is 30.3 Å². The third-order valence-electron chi connectivity index (χ3n) is 6.60. The Bertz CT molecular complexity index is 1190. The molecule has 1 saturated heterocycles. The molecule has 188 valence electrons. The fourth-order valence-electron chi connectivity index (χ4n) is 4.62. The Morgan fingerprint density at radius 2 is 1.69 bits per heavy atom. The molecule has 36 heavy (non-hydrogen) atoms. The molecular weight excluding hydrogens is 480 g/mol. The van der Waals surface area contributed by atoms with Crippen molar-refractivity contribution in [3.63, 3.8) is 0 Å². The van der Waals surface area contributed by atoms with Crippen LogP contribution < -0.4 is 4.74 Å². The molecule has 4 rings (SSSR count). The van der Waals surface area contributed by atoms with Gasteiger partial charge in [0.1, 0.15) is 30.3 Å². The molecule has 1 fully saturated rings. The van der Waals surface area contributed by atoms with Crippen molar-refractivity contribution in [2.45, 2.75) is 44.6 Å². The van der Waals surface area contributed by atoms with Crippen LogP contribution in [0.15, 0.2) is 78.9 Å². The molecule has 3 aromatic carbocycles. The number of ether oxygens (including phenoxy) is 2. The first-order chi connectivity index (χ1) is 17.4. The summed E-state index contributed by atoms with van der Waals surface area (Å²) in [5.41, 5.74) is 1.04. The lowest BCUT2D eigenvalue weighted by Crippen LogP contribution is -2.55. The Kier molecular flexibility index (Phi) is 8.34. The maximum Gasteiger partial charge on any atom is 0.411 e. The second-order valence-electron chi connectivity index (χ2n) is 8.81. The predicted octanol–water partition coefficient (Wildman–Crippen LogP) is 6.01. The molecule has 1 heterocycles. The van der Waals surface area contributed by atoms with Crippen molar-refractivity contribution in [1.29, 1.82) is 0 Å². The van der Waals surface area contributed by atoms with E-state index in [2.05, 4.69) is 9.47 Å². The van der Waals surface area contributed by atoms with Crippen molar-refractivity contribution in [1.82, 2.24) is 4.90 Å². The van der Waals surface area contributed by atoms with Gasteiger partial charge in [0.25, 0.3) is 0 Å². The van der Waals surface area contributed by atoms with Gasteiger partial charge in [-0.05, 0) is 49.1 Å². The highest BCUT2D eigenvalue weighted by Crippen LogP contribution is 2.44. The van der Waals surface area contributed by atoms with E-state index < -0.39 is 11.6 Å². The SMILES string of the molecule is CC(=O)[C@]1(COP)CC[C@H](c2ccc(OCc3ccccc3F)cc2)N1C(=O)OCc1ccccc1. The Balaban J connectivity index is 1.53. The van der Waals surface area contributed by atoms with Crippen LogP contribution in [0, 0.1) is 5.82 Å². The van der Waals surface area contributed by atoms with Gasteiger partial charge in [0.15, 0.2) is 5.78 Å². The van der Waals surface area contributed by atoms with Crippen molar-refractivity contribution >= 4 is 21.3 Å². The first kappa shape index (κ1) is 25.8. The Morgan fingerprint density at radius 1 is 1.00 bits per heavy atom. The lowest BCUT2D eigenvalue weighted by molar-refractivity contribution is -0.129. The molecule has 1 amide bonds. The van der Waals surface area contributed by atoms with E-state index in [1.807, 2.05) is 42.5 Å². The third kappa shape index (κ3) is 5.58. The average Bonchev–Trinajstić information content (AvgIpc) is 3.28. The van der Waals surface area contributed by atoms with E-state index in [0.29, 0.717) is 24.2 Å². The molecule has 0 spiro atoms. The van der Waals surface area contributed by atoms with Crippen LogP contribution in [0.2, 0.25) is 0 Å². The molecule has 0 bridgehead atoms. The van der Waals surface area contributed by atoms with Gasteiger partial charge in [-0.15, -0.1) is 0 Å². The van der Waals surface area contributed by atoms with Crippen LogP contribution in [0.25, 0.3) is 0 Å². The molecule has 0 aromatic heterocycles. The van der Waals surface area contributed by atoms with Gasteiger partial charge < -0.3 is 14.0 Å². The van der Waals surface area contributed by atoms with E-state index in [1.165, 1.54) is 17.9 Å². The average molecular weight is 510 g/mol. The summed E-state index contributed by atoms with van der Waals surface area (Å²) < 4.78 is 30.6. The van der Waals surface area contributed by atoms with E-state index >= 15 is 0 Å². The number of carbonyl (C=O) groups is 2. The van der Waals surface area contributed by atoms with Gasteiger partial charge in [0.05, 0.1) is 12.6 Å². The summed E-state index contributed by atoms with van der Waals surface area (Å²) in [5, 5.41) is 0. The standard InChI is InChI=1S/C28H29FNO5P/c1-20(31)28(19-35-36)16-15-26(30(28)27(32)34-17-21-7-3-2-4-8-21)22-11-13-24(14-12-22)33-18-23-9-5-6-10-25(23)29/h2-14,26H,15-19,36H2,1H3/t26-,28-/m1/s1. The number of rotatable bonds is 9. The van der Waals surface area contributed by atoms with E-state index in [-0.39, 0.29) is 37.5 Å². The molecule has 1 aliphatic heterocycles. The molecule has 6 nitrogen and oxygen atoms in total. The van der Waals surface area contributed by atoms with Gasteiger partial charge >= 0.3 is 6.09 Å².